The smallest absolute Gasteiger partial charge is 0.217 e. The van der Waals surface area contributed by atoms with E-state index in [2.05, 4.69) is 10.3 Å². The number of nitrogens with two attached hydrogens (primary N) is 1. The lowest BCUT2D eigenvalue weighted by Crippen LogP contribution is -2.32. The molecule has 4 nitrogen and oxygen atoms in total. The van der Waals surface area contributed by atoms with Gasteiger partial charge in [-0.15, -0.1) is 0 Å². The second-order valence-electron chi connectivity index (χ2n) is 3.19. The zero-order valence-electron chi connectivity index (χ0n) is 8.66. The van der Waals surface area contributed by atoms with Gasteiger partial charge in [0, 0.05) is 30.9 Å². The summed E-state index contributed by atoms with van der Waals surface area (Å²) in [7, 11) is 1.62. The molecule has 0 saturated carbocycles. The fourth-order valence-electron chi connectivity index (χ4n) is 1.11. The largest absolute Gasteiger partial charge is 0.481 e. The summed E-state index contributed by atoms with van der Waals surface area (Å²) in [6.45, 7) is 3.40. The van der Waals surface area contributed by atoms with Crippen molar-refractivity contribution in [3.8, 4) is 5.88 Å². The predicted molar refractivity (Wildman–Crippen MR) is 56.1 cm³/mol. The fourth-order valence-corrected chi connectivity index (χ4v) is 1.11. The van der Waals surface area contributed by atoms with Crippen LogP contribution < -0.4 is 15.8 Å². The maximum atomic E-state index is 5.50. The number of pyridine rings is 1. The van der Waals surface area contributed by atoms with E-state index in [1.807, 2.05) is 19.1 Å². The molecule has 0 unspecified atom stereocenters. The maximum Gasteiger partial charge on any atom is 0.217 e. The van der Waals surface area contributed by atoms with Crippen molar-refractivity contribution in [2.45, 2.75) is 19.5 Å². The van der Waals surface area contributed by atoms with E-state index in [-0.39, 0.29) is 0 Å². The van der Waals surface area contributed by atoms with Crippen LogP contribution in [0, 0.1) is 0 Å². The summed E-state index contributed by atoms with van der Waals surface area (Å²) >= 11 is 0. The highest BCUT2D eigenvalue weighted by Crippen LogP contribution is 2.12. The number of nitrogens with one attached hydrogen (secondary N) is 1. The van der Waals surface area contributed by atoms with Crippen molar-refractivity contribution in [1.29, 1.82) is 0 Å². The summed E-state index contributed by atoms with van der Waals surface area (Å²) in [5.41, 5.74) is 6.55. The first-order chi connectivity index (χ1) is 6.77. The summed E-state index contributed by atoms with van der Waals surface area (Å²) in [5.74, 6) is 0.671. The Kier molecular flexibility index (Phi) is 4.35. The minimum Gasteiger partial charge on any atom is -0.481 e. The molecule has 0 aromatic carbocycles. The highest BCUT2D eigenvalue weighted by atomic mass is 16.5. The SMILES string of the molecule is COc1ncccc1CN[C@H](C)CN. The molecule has 0 aliphatic heterocycles. The Labute approximate surface area is 84.5 Å². The molecule has 3 N–H and O–H groups in total. The molecule has 0 aliphatic carbocycles. The standard InChI is InChI=1S/C10H17N3O/c1-8(6-11)13-7-9-4-3-5-12-10(9)14-2/h3-5,8,13H,6-7,11H2,1-2H3/t8-/m1/s1. The van der Waals surface area contributed by atoms with Crippen LogP contribution in [0.1, 0.15) is 12.5 Å². The van der Waals surface area contributed by atoms with Crippen LogP contribution in [0.15, 0.2) is 18.3 Å². The van der Waals surface area contributed by atoms with E-state index in [9.17, 15) is 0 Å². The molecule has 1 aromatic heterocycles. The van der Waals surface area contributed by atoms with Crippen molar-refractivity contribution < 1.29 is 4.74 Å². The molecule has 1 atom stereocenters. The zero-order valence-corrected chi connectivity index (χ0v) is 8.66. The second-order valence-corrected chi connectivity index (χ2v) is 3.19. The fraction of sp³-hybridized carbons (Fsp3) is 0.500. The highest BCUT2D eigenvalue weighted by molar-refractivity contribution is 5.25. The van der Waals surface area contributed by atoms with E-state index < -0.39 is 0 Å². The molecule has 0 saturated heterocycles. The van der Waals surface area contributed by atoms with Gasteiger partial charge in [0.2, 0.25) is 5.88 Å². The lowest BCUT2D eigenvalue weighted by atomic mass is 10.2. The van der Waals surface area contributed by atoms with Crippen molar-refractivity contribution in [3.05, 3.63) is 23.9 Å². The normalized spacial score (nSPS) is 12.5. The van der Waals surface area contributed by atoms with Gasteiger partial charge in [0.1, 0.15) is 0 Å². The minimum absolute atomic E-state index is 0.305. The van der Waals surface area contributed by atoms with Gasteiger partial charge < -0.3 is 15.8 Å². The summed E-state index contributed by atoms with van der Waals surface area (Å²) in [5, 5.41) is 3.28. The molecule has 0 amide bonds. The first-order valence-corrected chi connectivity index (χ1v) is 4.69. The highest BCUT2D eigenvalue weighted by Gasteiger charge is 2.04. The predicted octanol–water partition coefficient (Wildman–Crippen LogP) is 0.527. The van der Waals surface area contributed by atoms with Gasteiger partial charge in [-0.2, -0.15) is 0 Å². The van der Waals surface area contributed by atoms with E-state index in [4.69, 9.17) is 10.5 Å². The third-order valence-corrected chi connectivity index (χ3v) is 2.04. The van der Waals surface area contributed by atoms with Crippen molar-refractivity contribution in [3.63, 3.8) is 0 Å². The number of hydrogen-bond acceptors (Lipinski definition) is 4. The first-order valence-electron chi connectivity index (χ1n) is 4.69. The van der Waals surface area contributed by atoms with Crippen LogP contribution >= 0.6 is 0 Å². The number of methoxy groups -OCH3 is 1. The average Bonchev–Trinajstić information content (AvgIpc) is 2.26. The van der Waals surface area contributed by atoms with Crippen molar-refractivity contribution in [2.24, 2.45) is 5.73 Å². The average molecular weight is 195 g/mol. The van der Waals surface area contributed by atoms with Crippen molar-refractivity contribution in [1.82, 2.24) is 10.3 Å². The van der Waals surface area contributed by atoms with Gasteiger partial charge in [-0.3, -0.25) is 0 Å². The number of aromatic nitrogens is 1. The number of hydrogen-bond donors (Lipinski definition) is 2. The van der Waals surface area contributed by atoms with Crippen LogP contribution in [-0.2, 0) is 6.54 Å². The van der Waals surface area contributed by atoms with Crippen LogP contribution in [0.2, 0.25) is 0 Å². The summed E-state index contributed by atoms with van der Waals surface area (Å²) in [4.78, 5) is 4.11. The molecule has 4 heteroatoms. The molecule has 0 radical (unpaired) electrons. The van der Waals surface area contributed by atoms with E-state index in [1.165, 1.54) is 0 Å². The van der Waals surface area contributed by atoms with Crippen molar-refractivity contribution >= 4 is 0 Å². The Hall–Kier alpha value is -1.13. The summed E-state index contributed by atoms with van der Waals surface area (Å²) in [6, 6.07) is 4.19. The van der Waals surface area contributed by atoms with Gasteiger partial charge in [-0.25, -0.2) is 4.98 Å². The Morgan fingerprint density at radius 3 is 3.07 bits per heavy atom. The molecular formula is C10H17N3O. The van der Waals surface area contributed by atoms with Gasteiger partial charge in [0.05, 0.1) is 7.11 Å². The Bertz CT molecular complexity index is 278. The monoisotopic (exact) mass is 195 g/mol. The van der Waals surface area contributed by atoms with E-state index in [0.717, 1.165) is 12.1 Å². The van der Waals surface area contributed by atoms with E-state index >= 15 is 0 Å². The molecule has 14 heavy (non-hydrogen) atoms. The Morgan fingerprint density at radius 1 is 1.64 bits per heavy atom. The topological polar surface area (TPSA) is 60.2 Å². The lowest BCUT2D eigenvalue weighted by molar-refractivity contribution is 0.389. The van der Waals surface area contributed by atoms with Gasteiger partial charge in [-0.1, -0.05) is 6.07 Å². The van der Waals surface area contributed by atoms with Crippen LogP contribution in [0.3, 0.4) is 0 Å². The lowest BCUT2D eigenvalue weighted by Gasteiger charge is -2.12. The van der Waals surface area contributed by atoms with E-state index in [0.29, 0.717) is 18.5 Å². The maximum absolute atomic E-state index is 5.50. The molecule has 1 rings (SSSR count). The Balaban J connectivity index is 2.57. The second kappa shape index (κ2) is 5.57. The molecule has 78 valence electrons. The first kappa shape index (κ1) is 10.9. The molecule has 0 bridgehead atoms. The zero-order chi connectivity index (χ0) is 10.4. The quantitative estimate of drug-likeness (QED) is 0.719. The molecule has 0 aliphatic rings. The van der Waals surface area contributed by atoms with Crippen LogP contribution in [0.5, 0.6) is 5.88 Å². The Morgan fingerprint density at radius 2 is 2.43 bits per heavy atom. The van der Waals surface area contributed by atoms with Gasteiger partial charge in [0.15, 0.2) is 0 Å². The molecule has 0 fully saturated rings. The molecule has 1 aromatic rings. The van der Waals surface area contributed by atoms with Crippen molar-refractivity contribution in [2.75, 3.05) is 13.7 Å². The molecule has 1 heterocycles. The third-order valence-electron chi connectivity index (χ3n) is 2.04. The van der Waals surface area contributed by atoms with E-state index in [1.54, 1.807) is 13.3 Å². The summed E-state index contributed by atoms with van der Waals surface area (Å²) in [6.07, 6.45) is 1.72. The van der Waals surface area contributed by atoms with Crippen LogP contribution in [0.25, 0.3) is 0 Å². The minimum atomic E-state index is 0.305. The summed E-state index contributed by atoms with van der Waals surface area (Å²) < 4.78 is 5.13. The van der Waals surface area contributed by atoms with Gasteiger partial charge in [-0.05, 0) is 13.0 Å². The van der Waals surface area contributed by atoms with Gasteiger partial charge >= 0.3 is 0 Å². The van der Waals surface area contributed by atoms with Crippen LogP contribution in [0.4, 0.5) is 0 Å². The third kappa shape index (κ3) is 2.97. The van der Waals surface area contributed by atoms with Gasteiger partial charge in [0.25, 0.3) is 0 Å². The van der Waals surface area contributed by atoms with Crippen LogP contribution in [-0.4, -0.2) is 24.7 Å². The molecular weight excluding hydrogens is 178 g/mol. The number of nitrogens with zero attached hydrogens (tertiary/aromatic N) is 1. The number of ether oxygens (including phenoxy) is 1. The molecule has 0 spiro atoms. The number of rotatable bonds is 5.